The van der Waals surface area contributed by atoms with Crippen LogP contribution in [0.2, 0.25) is 0 Å². The maximum absolute atomic E-state index is 13.5. The van der Waals surface area contributed by atoms with Crippen molar-refractivity contribution in [3.8, 4) is 0 Å². The largest absolute Gasteiger partial charge is 0.417 e. The average molecular weight is 495 g/mol. The Kier molecular flexibility index (Phi) is 7.05. The van der Waals surface area contributed by atoms with Gasteiger partial charge in [-0.15, -0.1) is 0 Å². The summed E-state index contributed by atoms with van der Waals surface area (Å²) in [6, 6.07) is 7.30. The summed E-state index contributed by atoms with van der Waals surface area (Å²) in [7, 11) is -3.59. The first-order chi connectivity index (χ1) is 16.1. The number of aryl methyl sites for hydroxylation is 1. The maximum atomic E-state index is 13.5. The number of halogens is 3. The van der Waals surface area contributed by atoms with Crippen molar-refractivity contribution in [1.29, 1.82) is 0 Å². The maximum Gasteiger partial charge on any atom is 0.417 e. The van der Waals surface area contributed by atoms with Crippen LogP contribution in [0.4, 0.5) is 13.2 Å². The monoisotopic (exact) mass is 494 g/mol. The molecule has 1 saturated heterocycles. The van der Waals surface area contributed by atoms with Gasteiger partial charge in [0.2, 0.25) is 15.6 Å². The Balaban J connectivity index is 1.56. The second-order valence-corrected chi connectivity index (χ2v) is 11.0. The number of hydrogen-bond donors (Lipinski definition) is 1. The zero-order valence-electron chi connectivity index (χ0n) is 19.1. The molecule has 9 heteroatoms. The summed E-state index contributed by atoms with van der Waals surface area (Å²) in [6.07, 6.45) is 2.70. The van der Waals surface area contributed by atoms with Crippen LogP contribution in [-0.2, 0) is 29.0 Å². The molecule has 184 valence electrons. The fourth-order valence-corrected chi connectivity index (χ4v) is 6.73. The Morgan fingerprint density at radius 3 is 2.53 bits per heavy atom. The van der Waals surface area contributed by atoms with Gasteiger partial charge in [0.1, 0.15) is 0 Å². The Morgan fingerprint density at radius 2 is 1.85 bits per heavy atom. The van der Waals surface area contributed by atoms with E-state index in [1.165, 1.54) is 6.08 Å². The lowest BCUT2D eigenvalue weighted by Gasteiger charge is -2.34. The van der Waals surface area contributed by atoms with Crippen LogP contribution < -0.4 is 5.56 Å². The van der Waals surface area contributed by atoms with Crippen LogP contribution in [0.3, 0.4) is 0 Å². The molecule has 0 saturated carbocycles. The highest BCUT2D eigenvalue weighted by atomic mass is 32.2. The molecule has 1 aromatic carbocycles. The predicted molar refractivity (Wildman–Crippen MR) is 125 cm³/mol. The molecule has 5 nitrogen and oxygen atoms in total. The fourth-order valence-electron chi connectivity index (χ4n) is 5.01. The summed E-state index contributed by atoms with van der Waals surface area (Å²) >= 11 is 0. The Labute approximate surface area is 197 Å². The van der Waals surface area contributed by atoms with E-state index >= 15 is 0 Å². The minimum Gasteiger partial charge on any atom is -0.326 e. The first-order valence-electron chi connectivity index (χ1n) is 11.7. The Morgan fingerprint density at radius 1 is 1.12 bits per heavy atom. The van der Waals surface area contributed by atoms with Gasteiger partial charge in [-0.3, -0.25) is 4.79 Å². The van der Waals surface area contributed by atoms with Crippen molar-refractivity contribution < 1.29 is 21.6 Å². The fraction of sp³-hybridized carbons (Fsp3) is 0.480. The second-order valence-electron chi connectivity index (χ2n) is 9.11. The highest BCUT2D eigenvalue weighted by molar-refractivity contribution is 7.89. The molecule has 1 unspecified atom stereocenters. The van der Waals surface area contributed by atoms with Crippen LogP contribution in [0.25, 0.3) is 6.08 Å². The summed E-state index contributed by atoms with van der Waals surface area (Å²) in [5.41, 5.74) is 0.269. The van der Waals surface area contributed by atoms with Gasteiger partial charge in [-0.25, -0.2) is 8.42 Å². The highest BCUT2D eigenvalue weighted by Gasteiger charge is 2.36. The third-order valence-corrected chi connectivity index (χ3v) is 8.64. The van der Waals surface area contributed by atoms with Gasteiger partial charge in [-0.2, -0.15) is 17.5 Å². The minimum absolute atomic E-state index is 0.0135. The number of fused-ring (bicyclic) bond motifs is 1. The number of nitrogens with zero attached hydrogens (tertiary/aromatic N) is 1. The number of sulfonamides is 1. The molecular weight excluding hydrogens is 465 g/mol. The third-order valence-electron chi connectivity index (χ3n) is 6.67. The van der Waals surface area contributed by atoms with Crippen molar-refractivity contribution in [2.24, 2.45) is 0 Å². The molecule has 0 spiro atoms. The van der Waals surface area contributed by atoms with Crippen LogP contribution in [0, 0.1) is 0 Å². The summed E-state index contributed by atoms with van der Waals surface area (Å²) in [4.78, 5) is 14.4. The van der Waals surface area contributed by atoms with E-state index in [4.69, 9.17) is 0 Å². The lowest BCUT2D eigenvalue weighted by molar-refractivity contribution is -0.137. The van der Waals surface area contributed by atoms with E-state index in [2.05, 4.69) is 11.9 Å². The molecule has 1 aliphatic heterocycles. The number of pyridine rings is 1. The Bertz CT molecular complexity index is 1230. The van der Waals surface area contributed by atoms with Gasteiger partial charge in [0, 0.05) is 29.9 Å². The second kappa shape index (κ2) is 9.70. The third kappa shape index (κ3) is 5.15. The summed E-state index contributed by atoms with van der Waals surface area (Å²) in [5.74, 6) is 0. The van der Waals surface area contributed by atoms with Crippen LogP contribution in [0.15, 0.2) is 45.6 Å². The number of alkyl halides is 3. The standard InChI is InChI=1S/C25H29F3N2O3S/c1-2-5-19-6-3-4-13-30(19)34(32,33)20-10-7-17(8-11-20)14-18-9-12-23-21(15-18)22(25(26,27)28)16-24(31)29-23/h7-8,10-11,15-16,19H,2-6,9,12-14H2,1H3,(H,29,31). The topological polar surface area (TPSA) is 70.2 Å². The average Bonchev–Trinajstić information content (AvgIpc) is 2.79. The van der Waals surface area contributed by atoms with Crippen LogP contribution in [0.5, 0.6) is 0 Å². The van der Waals surface area contributed by atoms with E-state index < -0.39 is 27.3 Å². The van der Waals surface area contributed by atoms with Crippen molar-refractivity contribution >= 4 is 16.1 Å². The molecule has 1 fully saturated rings. The van der Waals surface area contributed by atoms with Crippen LogP contribution >= 0.6 is 0 Å². The number of benzene rings is 1. The van der Waals surface area contributed by atoms with Crippen molar-refractivity contribution in [1.82, 2.24) is 9.29 Å². The first-order valence-corrected chi connectivity index (χ1v) is 13.2. The van der Waals surface area contributed by atoms with E-state index in [0.717, 1.165) is 43.2 Å². The van der Waals surface area contributed by atoms with E-state index in [1.807, 2.05) is 0 Å². The number of allylic oxidation sites excluding steroid dienone is 1. The van der Waals surface area contributed by atoms with Gasteiger partial charge in [0.15, 0.2) is 0 Å². The van der Waals surface area contributed by atoms with E-state index in [0.29, 0.717) is 37.6 Å². The summed E-state index contributed by atoms with van der Waals surface area (Å²) in [6.45, 7) is 2.59. The van der Waals surface area contributed by atoms with Gasteiger partial charge in [-0.05, 0) is 56.2 Å². The number of nitrogens with one attached hydrogen (secondary N) is 1. The van der Waals surface area contributed by atoms with Crippen LogP contribution in [0.1, 0.15) is 67.8 Å². The summed E-state index contributed by atoms with van der Waals surface area (Å²) in [5, 5.41) is 0. The molecule has 2 aliphatic rings. The minimum atomic E-state index is -4.61. The molecule has 2 heterocycles. The van der Waals surface area contributed by atoms with Crippen LogP contribution in [-0.4, -0.2) is 30.3 Å². The molecule has 0 radical (unpaired) electrons. The van der Waals surface area contributed by atoms with Gasteiger partial charge in [-0.1, -0.05) is 43.5 Å². The zero-order chi connectivity index (χ0) is 24.5. The number of piperidine rings is 1. The molecule has 0 bridgehead atoms. The highest BCUT2D eigenvalue weighted by Crippen LogP contribution is 2.36. The van der Waals surface area contributed by atoms with Crippen molar-refractivity contribution in [3.63, 3.8) is 0 Å². The lowest BCUT2D eigenvalue weighted by Crippen LogP contribution is -2.43. The van der Waals surface area contributed by atoms with Crippen molar-refractivity contribution in [3.05, 3.63) is 68.6 Å². The molecule has 2 aromatic rings. The SMILES string of the molecule is CCCC1CCCCN1S(=O)(=O)c1ccc(CC2=Cc3c(C(F)(F)F)cc(=O)[nH]c3CC2)cc1. The first kappa shape index (κ1) is 24.7. The van der Waals surface area contributed by atoms with Crippen molar-refractivity contribution in [2.75, 3.05) is 6.54 Å². The molecule has 1 aromatic heterocycles. The van der Waals surface area contributed by atoms with Gasteiger partial charge >= 0.3 is 6.18 Å². The molecule has 1 aliphatic carbocycles. The molecular formula is C25H29F3N2O3S. The van der Waals surface area contributed by atoms with Gasteiger partial charge in [0.05, 0.1) is 10.5 Å². The molecule has 4 rings (SSSR count). The van der Waals surface area contributed by atoms with Crippen molar-refractivity contribution in [2.45, 2.75) is 75.4 Å². The molecule has 1 atom stereocenters. The Hall–Kier alpha value is -2.39. The van der Waals surface area contributed by atoms with E-state index in [9.17, 15) is 26.4 Å². The molecule has 34 heavy (non-hydrogen) atoms. The number of H-pyrrole nitrogens is 1. The smallest absolute Gasteiger partial charge is 0.326 e. The van der Waals surface area contributed by atoms with E-state index in [1.54, 1.807) is 28.6 Å². The summed E-state index contributed by atoms with van der Waals surface area (Å²) < 4.78 is 68.5. The molecule has 1 N–H and O–H groups in total. The predicted octanol–water partition coefficient (Wildman–Crippen LogP) is 5.31. The van der Waals surface area contributed by atoms with Gasteiger partial charge < -0.3 is 4.98 Å². The number of rotatable bonds is 6. The molecule has 0 amide bonds. The number of hydrogen-bond acceptors (Lipinski definition) is 3. The van der Waals surface area contributed by atoms with Gasteiger partial charge in [0.25, 0.3) is 0 Å². The number of aromatic amines is 1. The zero-order valence-corrected chi connectivity index (χ0v) is 19.9. The number of aromatic nitrogens is 1. The lowest BCUT2D eigenvalue weighted by atomic mass is 9.89. The quantitative estimate of drug-likeness (QED) is 0.592. The van der Waals surface area contributed by atoms with E-state index in [-0.39, 0.29) is 16.5 Å². The normalized spacial score (nSPS) is 19.5.